The Morgan fingerprint density at radius 1 is 0.483 bits per heavy atom. The Bertz CT molecular complexity index is 5250. The maximum atomic E-state index is 11.7. The minimum absolute atomic E-state index is 0. The van der Waals surface area contributed by atoms with Crippen LogP contribution in [0.3, 0.4) is 0 Å². The smallest absolute Gasteiger partial charge is 0.276 e. The molecule has 29 nitrogen and oxygen atoms in total. The van der Waals surface area contributed by atoms with Gasteiger partial charge in [-0.3, -0.25) is 33.9 Å². The summed E-state index contributed by atoms with van der Waals surface area (Å²) < 4.78 is 68.9. The molecule has 2 fully saturated rings. The molecular formula is C86H112N20O9S. The topological polar surface area (TPSA) is 296 Å². The molecule has 0 radical (unpaired) electrons. The van der Waals surface area contributed by atoms with Crippen LogP contribution in [0, 0.1) is 5.92 Å². The molecule has 3 aliphatic heterocycles. The summed E-state index contributed by atoms with van der Waals surface area (Å²) in [6, 6.07) is 36.3. The van der Waals surface area contributed by atoms with Gasteiger partial charge in [0, 0.05) is 229 Å². The number of fused-ring (bicyclic) bond motifs is 3. The number of hydrogen-bond acceptors (Lipinski definition) is 24. The number of rotatable bonds is 29. The third kappa shape index (κ3) is 22.4. The lowest BCUT2D eigenvalue weighted by molar-refractivity contribution is 0.0601. The fourth-order valence-corrected chi connectivity index (χ4v) is 14.9. The van der Waals surface area contributed by atoms with Crippen LogP contribution in [0.25, 0.3) is 66.9 Å². The van der Waals surface area contributed by atoms with E-state index >= 15 is 0 Å². The molecule has 0 atom stereocenters. The van der Waals surface area contributed by atoms with Crippen LogP contribution < -0.4 is 58.9 Å². The second kappa shape index (κ2) is 41.3. The number of methoxy groups -OCH3 is 6. The van der Waals surface area contributed by atoms with Gasteiger partial charge in [0.25, 0.3) is 10.2 Å². The Kier molecular flexibility index (Phi) is 31.0. The first-order chi connectivity index (χ1) is 55.0. The summed E-state index contributed by atoms with van der Waals surface area (Å²) in [4.78, 5) is 37.9. The van der Waals surface area contributed by atoms with Crippen molar-refractivity contribution in [1.29, 1.82) is 0 Å². The van der Waals surface area contributed by atoms with Gasteiger partial charge in [-0.1, -0.05) is 34.4 Å². The van der Waals surface area contributed by atoms with E-state index in [1.165, 1.54) is 4.31 Å². The van der Waals surface area contributed by atoms with Crippen molar-refractivity contribution in [2.24, 2.45) is 25.2 Å². The minimum atomic E-state index is -3.65. The molecule has 0 saturated carbocycles. The molecule has 116 heavy (non-hydrogen) atoms. The SMILES string of the molecule is C.C.C.CNCCN(c1cc(OC)cc(OC)c1)c1ccc2ncc(-c3cnn(CC4CCOCC4)c3)nc2c1.COc1cc(OC)cc(N(CCCN2CC=CCC2)c2ccc3ncc(-c4cnn(C)c4)nc3c2)c1.COc1cc(OC)cc(N(CCNC2CCN(S(N)(=O)=O)CC2)c2ccc3ncc(-c4cnn(C)c4)nc3c2)c1. The number of aromatic nitrogens is 12. The van der Waals surface area contributed by atoms with E-state index in [0.717, 1.165) is 209 Å². The first kappa shape index (κ1) is 87.0. The summed E-state index contributed by atoms with van der Waals surface area (Å²) in [6.45, 7) is 10.3. The van der Waals surface area contributed by atoms with Crippen LogP contribution in [0.15, 0.2) is 177 Å². The molecular weight excluding hydrogens is 1490 g/mol. The molecule has 6 aromatic heterocycles. The van der Waals surface area contributed by atoms with Gasteiger partial charge in [0.15, 0.2) is 0 Å². The standard InChI is InChI=1S/C28H34N6O3.C28H32N6O2.C27H34N8O4S.3CH4/c1-29-8-9-34(23-12-24(35-2)15-25(13-23)36-3)22-4-5-26-27(14-22)32-28(17-30-26)21-16-31-33(19-21)18-20-6-10-37-11-7-20;1-32-20-21(18-30-32)28-19-29-26-9-8-22(16-27(26)31-28)34(13-7-12-33-10-5-4-6-11-33)23-14-24(35-2)17-25(15-23)36-3;1-33-18-19(16-31-33)27-17-30-25-5-4-21(14-26(25)32-27)35(22-12-23(38-2)15-24(13-22)39-3)11-8-29-20-6-9-34(10-7-20)40(28,36)37;;;/h4-5,12-17,19-20,29H,6-11,18H2,1-3H3;4-5,8-9,14-20H,6-7,10-13H2,1-3H3;4-5,12-18,20,29H,6-11H2,1-3H3,(H2,28,36,37);3*1H4. The Morgan fingerprint density at radius 2 is 0.897 bits per heavy atom. The predicted molar refractivity (Wildman–Crippen MR) is 462 cm³/mol. The molecule has 6 aromatic carbocycles. The molecule has 30 heteroatoms. The van der Waals surface area contributed by atoms with E-state index in [4.69, 9.17) is 53.2 Å². The summed E-state index contributed by atoms with van der Waals surface area (Å²) in [7, 11) is 12.0. The Hall–Kier alpha value is -11.4. The normalized spacial score (nSPS) is 13.9. The van der Waals surface area contributed by atoms with Crippen molar-refractivity contribution in [2.75, 3.05) is 143 Å². The van der Waals surface area contributed by atoms with Crippen molar-refractivity contribution in [3.8, 4) is 68.3 Å². The largest absolute Gasteiger partial charge is 0.497 e. The molecule has 15 rings (SSSR count). The van der Waals surface area contributed by atoms with Crippen molar-refractivity contribution in [3.63, 3.8) is 0 Å². The van der Waals surface area contributed by atoms with E-state index in [1.54, 1.807) is 70.6 Å². The number of ether oxygens (including phenoxy) is 7. The zero-order chi connectivity index (χ0) is 78.8. The highest BCUT2D eigenvalue weighted by Gasteiger charge is 2.27. The molecule has 0 bridgehead atoms. The average molecular weight is 1600 g/mol. The number of nitrogens with zero attached hydrogens (tertiary/aromatic N) is 17. The van der Waals surface area contributed by atoms with Crippen molar-refractivity contribution < 1.29 is 41.6 Å². The minimum Gasteiger partial charge on any atom is -0.497 e. The van der Waals surface area contributed by atoms with E-state index in [9.17, 15) is 8.42 Å². The first-order valence-corrected chi connectivity index (χ1v) is 39.5. The zero-order valence-electron chi connectivity index (χ0n) is 65.6. The molecule has 4 N–H and O–H groups in total. The number of aryl methyl sites for hydroxylation is 2. The quantitative estimate of drug-likeness (QED) is 0.0367. The Morgan fingerprint density at radius 3 is 1.28 bits per heavy atom. The zero-order valence-corrected chi connectivity index (χ0v) is 66.4. The highest BCUT2D eigenvalue weighted by Crippen LogP contribution is 2.39. The number of benzene rings is 6. The maximum absolute atomic E-state index is 11.7. The third-order valence-electron chi connectivity index (χ3n) is 20.3. The fraction of sp³-hybridized carbons (Fsp3) is 0.384. The molecule has 0 aliphatic carbocycles. The van der Waals surface area contributed by atoms with Crippen molar-refractivity contribution >= 4 is 77.4 Å². The van der Waals surface area contributed by atoms with Crippen LogP contribution in [-0.4, -0.2) is 211 Å². The summed E-state index contributed by atoms with van der Waals surface area (Å²) >= 11 is 0. The molecule has 616 valence electrons. The van der Waals surface area contributed by atoms with Gasteiger partial charge in [0.05, 0.1) is 130 Å². The predicted octanol–water partition coefficient (Wildman–Crippen LogP) is 13.5. The molecule has 0 spiro atoms. The first-order valence-electron chi connectivity index (χ1n) is 38.0. The van der Waals surface area contributed by atoms with Gasteiger partial charge >= 0.3 is 0 Å². The second-order valence-corrected chi connectivity index (χ2v) is 29.5. The molecule has 9 heterocycles. The number of nitrogens with one attached hydrogen (secondary N) is 2. The highest BCUT2D eigenvalue weighted by atomic mass is 32.2. The van der Waals surface area contributed by atoms with Crippen LogP contribution in [0.4, 0.5) is 34.1 Å². The Balaban J connectivity index is 0.000000182. The van der Waals surface area contributed by atoms with E-state index in [1.807, 2.05) is 142 Å². The molecule has 12 aromatic rings. The van der Waals surface area contributed by atoms with Gasteiger partial charge in [-0.15, -0.1) is 0 Å². The van der Waals surface area contributed by atoms with Gasteiger partial charge in [-0.2, -0.15) is 28.0 Å². The second-order valence-electron chi connectivity index (χ2n) is 28.0. The average Bonchev–Trinajstić information content (AvgIpc) is 1.14. The van der Waals surface area contributed by atoms with Crippen LogP contribution in [0.5, 0.6) is 34.5 Å². The number of anilines is 6. The van der Waals surface area contributed by atoms with Gasteiger partial charge in [-0.05, 0) is 106 Å². The van der Waals surface area contributed by atoms with E-state index in [0.29, 0.717) is 56.4 Å². The highest BCUT2D eigenvalue weighted by molar-refractivity contribution is 7.86. The van der Waals surface area contributed by atoms with Crippen molar-refractivity contribution in [1.82, 2.24) is 79.1 Å². The van der Waals surface area contributed by atoms with Gasteiger partial charge in [-0.25, -0.2) is 20.1 Å². The lowest BCUT2D eigenvalue weighted by Crippen LogP contribution is -2.48. The summed E-state index contributed by atoms with van der Waals surface area (Å²) in [5.74, 6) is 4.97. The van der Waals surface area contributed by atoms with Gasteiger partial charge in [0.2, 0.25) is 0 Å². The fourth-order valence-electron chi connectivity index (χ4n) is 14.1. The molecule has 3 aliphatic rings. The Labute approximate surface area is 681 Å². The monoisotopic (exact) mass is 1600 g/mol. The summed E-state index contributed by atoms with van der Waals surface area (Å²) in [6.07, 6.45) is 27.0. The summed E-state index contributed by atoms with van der Waals surface area (Å²) in [5.41, 5.74) is 16.0. The number of hydrogen-bond donors (Lipinski definition) is 3. The van der Waals surface area contributed by atoms with Gasteiger partial charge < -0.3 is 58.5 Å². The maximum Gasteiger partial charge on any atom is 0.276 e. The van der Waals surface area contributed by atoms with Crippen LogP contribution >= 0.6 is 0 Å². The van der Waals surface area contributed by atoms with Crippen LogP contribution in [0.2, 0.25) is 0 Å². The van der Waals surface area contributed by atoms with E-state index < -0.39 is 10.2 Å². The number of likely N-dealkylation sites (N-methyl/N-ethyl adjacent to an activating group) is 1. The van der Waals surface area contributed by atoms with Gasteiger partial charge in [0.1, 0.15) is 34.5 Å². The molecule has 2 saturated heterocycles. The van der Waals surface area contributed by atoms with E-state index in [-0.39, 0.29) is 28.3 Å². The van der Waals surface area contributed by atoms with Crippen LogP contribution in [0.1, 0.15) is 60.8 Å². The van der Waals surface area contributed by atoms with Crippen LogP contribution in [-0.2, 0) is 35.6 Å². The van der Waals surface area contributed by atoms with Crippen molar-refractivity contribution in [2.45, 2.75) is 73.4 Å². The molecule has 0 unspecified atom stereocenters. The van der Waals surface area contributed by atoms with E-state index in [2.05, 4.69) is 103 Å². The number of nitrogens with two attached hydrogens (primary N) is 1. The lowest BCUT2D eigenvalue weighted by Gasteiger charge is -2.32. The molecule has 0 amide bonds. The third-order valence-corrected chi connectivity index (χ3v) is 21.4. The van der Waals surface area contributed by atoms with Crippen molar-refractivity contribution in [3.05, 3.63) is 177 Å². The summed E-state index contributed by atoms with van der Waals surface area (Å²) in [5, 5.41) is 25.2. The lowest BCUT2D eigenvalue weighted by atomic mass is 10.0. The number of piperidine rings is 1.